The van der Waals surface area contributed by atoms with E-state index in [1.807, 2.05) is 12.1 Å². The Morgan fingerprint density at radius 1 is 1.33 bits per heavy atom. The van der Waals surface area contributed by atoms with E-state index in [0.29, 0.717) is 18.2 Å². The van der Waals surface area contributed by atoms with Crippen molar-refractivity contribution in [1.82, 2.24) is 4.98 Å². The lowest BCUT2D eigenvalue weighted by Gasteiger charge is -1.97. The highest BCUT2D eigenvalue weighted by molar-refractivity contribution is 9.11. The van der Waals surface area contributed by atoms with Gasteiger partial charge in [0, 0.05) is 10.6 Å². The molecule has 0 spiro atoms. The quantitative estimate of drug-likeness (QED) is 0.718. The minimum absolute atomic E-state index is 0.514. The van der Waals surface area contributed by atoms with E-state index < -0.39 is 0 Å². The molecule has 0 aliphatic heterocycles. The molecule has 1 aromatic carbocycles. The number of rotatable bonds is 3. The van der Waals surface area contributed by atoms with Crippen molar-refractivity contribution < 1.29 is 4.42 Å². The molecular weight excluding hydrogens is 314 g/mol. The summed E-state index contributed by atoms with van der Waals surface area (Å²) < 4.78 is 6.68. The molecule has 2 aromatic heterocycles. The summed E-state index contributed by atoms with van der Waals surface area (Å²) in [5.74, 6) is 0. The topological polar surface area (TPSA) is 64.1 Å². The van der Waals surface area contributed by atoms with Gasteiger partial charge in [-0.1, -0.05) is 0 Å². The molecule has 3 N–H and O–H groups in total. The Bertz CT molecular complexity index is 692. The third kappa shape index (κ3) is 2.34. The molecule has 0 aliphatic carbocycles. The largest absolute Gasteiger partial charge is 0.424 e. The summed E-state index contributed by atoms with van der Waals surface area (Å²) in [6.45, 7) is 0.693. The lowest BCUT2D eigenvalue weighted by Crippen LogP contribution is -1.96. The summed E-state index contributed by atoms with van der Waals surface area (Å²) >= 11 is 5.11. The van der Waals surface area contributed by atoms with Crippen LogP contribution >= 0.6 is 27.3 Å². The number of nitrogens with one attached hydrogen (secondary N) is 1. The smallest absolute Gasteiger partial charge is 0.295 e. The number of hydrogen-bond acceptors (Lipinski definition) is 5. The SMILES string of the molecule is Nc1ccc2oc(NCc3ccc(Br)s3)nc2c1. The Labute approximate surface area is 116 Å². The van der Waals surface area contributed by atoms with Crippen LogP contribution in [-0.4, -0.2) is 4.98 Å². The Morgan fingerprint density at radius 2 is 2.22 bits per heavy atom. The van der Waals surface area contributed by atoms with Crippen molar-refractivity contribution in [3.63, 3.8) is 0 Å². The first-order valence-corrected chi connectivity index (χ1v) is 6.96. The van der Waals surface area contributed by atoms with Crippen LogP contribution in [0.2, 0.25) is 0 Å². The maximum absolute atomic E-state index is 5.70. The first-order chi connectivity index (χ1) is 8.70. The van der Waals surface area contributed by atoms with Gasteiger partial charge < -0.3 is 15.5 Å². The van der Waals surface area contributed by atoms with E-state index in [1.165, 1.54) is 4.88 Å². The summed E-state index contributed by atoms with van der Waals surface area (Å²) in [4.78, 5) is 5.54. The highest BCUT2D eigenvalue weighted by Gasteiger charge is 2.06. The molecule has 0 unspecified atom stereocenters. The zero-order chi connectivity index (χ0) is 12.5. The number of nitrogens with zero attached hydrogens (tertiary/aromatic N) is 1. The third-order valence-corrected chi connectivity index (χ3v) is 4.08. The molecule has 0 saturated carbocycles. The molecule has 3 aromatic rings. The molecule has 2 heterocycles. The monoisotopic (exact) mass is 323 g/mol. The first-order valence-electron chi connectivity index (χ1n) is 5.35. The Morgan fingerprint density at radius 3 is 3.00 bits per heavy atom. The molecule has 18 heavy (non-hydrogen) atoms. The first kappa shape index (κ1) is 11.6. The number of hydrogen-bond donors (Lipinski definition) is 2. The molecule has 3 rings (SSSR count). The van der Waals surface area contributed by atoms with Gasteiger partial charge in [-0.25, -0.2) is 0 Å². The van der Waals surface area contributed by atoms with Gasteiger partial charge in [-0.2, -0.15) is 4.98 Å². The van der Waals surface area contributed by atoms with E-state index in [2.05, 4.69) is 32.3 Å². The molecule has 0 atom stereocenters. The molecule has 0 aliphatic rings. The molecule has 0 fully saturated rings. The predicted molar refractivity (Wildman–Crippen MR) is 77.8 cm³/mol. The standard InChI is InChI=1S/C12H10BrN3OS/c13-11-4-2-8(18-11)6-15-12-16-9-5-7(14)1-3-10(9)17-12/h1-5H,6,14H2,(H,15,16). The second-order valence-corrected chi connectivity index (χ2v) is 6.35. The van der Waals surface area contributed by atoms with E-state index in [9.17, 15) is 0 Å². The molecular formula is C12H10BrN3OS. The Balaban J connectivity index is 1.78. The summed E-state index contributed by atoms with van der Waals surface area (Å²) in [6, 6.07) is 10.0. The van der Waals surface area contributed by atoms with Crippen molar-refractivity contribution >= 4 is 50.1 Å². The van der Waals surface area contributed by atoms with Gasteiger partial charge in [0.2, 0.25) is 0 Å². The van der Waals surface area contributed by atoms with E-state index in [4.69, 9.17) is 10.2 Å². The van der Waals surface area contributed by atoms with Gasteiger partial charge in [0.1, 0.15) is 5.52 Å². The second kappa shape index (κ2) is 4.62. The zero-order valence-corrected chi connectivity index (χ0v) is 11.7. The Hall–Kier alpha value is -1.53. The lowest BCUT2D eigenvalue weighted by molar-refractivity contribution is 0.615. The van der Waals surface area contributed by atoms with Crippen molar-refractivity contribution in [2.45, 2.75) is 6.54 Å². The van der Waals surface area contributed by atoms with Crippen LogP contribution in [0.3, 0.4) is 0 Å². The summed E-state index contributed by atoms with van der Waals surface area (Å²) in [5.41, 5.74) is 7.88. The molecule has 0 amide bonds. The van der Waals surface area contributed by atoms with Crippen LogP contribution < -0.4 is 11.1 Å². The summed E-state index contributed by atoms with van der Waals surface area (Å²) in [5, 5.41) is 3.15. The highest BCUT2D eigenvalue weighted by atomic mass is 79.9. The summed E-state index contributed by atoms with van der Waals surface area (Å²) in [7, 11) is 0. The molecule has 6 heteroatoms. The predicted octanol–water partition coefficient (Wildman–Crippen LogP) is 3.85. The minimum Gasteiger partial charge on any atom is -0.424 e. The molecule has 92 valence electrons. The van der Waals surface area contributed by atoms with Crippen LogP contribution in [0.5, 0.6) is 0 Å². The van der Waals surface area contributed by atoms with Crippen LogP contribution in [-0.2, 0) is 6.54 Å². The number of nitrogens with two attached hydrogens (primary N) is 1. The summed E-state index contributed by atoms with van der Waals surface area (Å²) in [6.07, 6.45) is 0. The molecule has 0 bridgehead atoms. The van der Waals surface area contributed by atoms with Gasteiger partial charge in [0.05, 0.1) is 10.3 Å². The van der Waals surface area contributed by atoms with Crippen LogP contribution in [0.1, 0.15) is 4.88 Å². The van der Waals surface area contributed by atoms with Crippen molar-refractivity contribution in [3.8, 4) is 0 Å². The average Bonchev–Trinajstić information content (AvgIpc) is 2.92. The van der Waals surface area contributed by atoms with Crippen LogP contribution in [0.15, 0.2) is 38.5 Å². The lowest BCUT2D eigenvalue weighted by atomic mass is 10.3. The number of benzene rings is 1. The second-order valence-electron chi connectivity index (χ2n) is 3.81. The molecule has 4 nitrogen and oxygen atoms in total. The molecule has 0 saturated heterocycles. The normalized spacial score (nSPS) is 10.9. The number of halogens is 1. The number of nitrogen functional groups attached to an aromatic ring is 1. The highest BCUT2D eigenvalue weighted by Crippen LogP contribution is 2.24. The minimum atomic E-state index is 0.514. The number of thiophene rings is 1. The molecule has 0 radical (unpaired) electrons. The number of anilines is 2. The van der Waals surface area contributed by atoms with E-state index in [1.54, 1.807) is 23.5 Å². The van der Waals surface area contributed by atoms with E-state index in [-0.39, 0.29) is 0 Å². The van der Waals surface area contributed by atoms with Gasteiger partial charge in [0.15, 0.2) is 5.58 Å². The van der Waals surface area contributed by atoms with E-state index >= 15 is 0 Å². The number of fused-ring (bicyclic) bond motifs is 1. The van der Waals surface area contributed by atoms with Crippen molar-refractivity contribution in [2.75, 3.05) is 11.1 Å². The fourth-order valence-electron chi connectivity index (χ4n) is 1.63. The van der Waals surface area contributed by atoms with Gasteiger partial charge in [-0.3, -0.25) is 0 Å². The fourth-order valence-corrected chi connectivity index (χ4v) is 3.05. The van der Waals surface area contributed by atoms with Crippen LogP contribution in [0.4, 0.5) is 11.7 Å². The fraction of sp³-hybridized carbons (Fsp3) is 0.0833. The zero-order valence-electron chi connectivity index (χ0n) is 9.31. The van der Waals surface area contributed by atoms with Gasteiger partial charge in [-0.05, 0) is 46.3 Å². The number of oxazole rings is 1. The maximum atomic E-state index is 5.70. The van der Waals surface area contributed by atoms with Crippen molar-refractivity contribution in [3.05, 3.63) is 39.0 Å². The van der Waals surface area contributed by atoms with Gasteiger partial charge >= 0.3 is 0 Å². The van der Waals surface area contributed by atoms with Crippen molar-refractivity contribution in [1.29, 1.82) is 0 Å². The van der Waals surface area contributed by atoms with Gasteiger partial charge in [-0.15, -0.1) is 11.3 Å². The third-order valence-electron chi connectivity index (χ3n) is 2.45. The average molecular weight is 324 g/mol. The number of aromatic nitrogens is 1. The van der Waals surface area contributed by atoms with Gasteiger partial charge in [0.25, 0.3) is 6.01 Å². The van der Waals surface area contributed by atoms with Crippen molar-refractivity contribution in [2.24, 2.45) is 0 Å². The van der Waals surface area contributed by atoms with Crippen LogP contribution in [0, 0.1) is 0 Å². The maximum Gasteiger partial charge on any atom is 0.295 e. The Kier molecular flexibility index (Phi) is 2.97. The van der Waals surface area contributed by atoms with Crippen LogP contribution in [0.25, 0.3) is 11.1 Å². The van der Waals surface area contributed by atoms with E-state index in [0.717, 1.165) is 14.9 Å².